The number of aliphatic hydroxyl groups is 1. The second-order valence-electron chi connectivity index (χ2n) is 2.66. The summed E-state index contributed by atoms with van der Waals surface area (Å²) in [5, 5.41) is 27.9. The maximum absolute atomic E-state index is 10.6. The van der Waals surface area contributed by atoms with Gasteiger partial charge in [-0.1, -0.05) is 0 Å². The fraction of sp³-hybridized carbons (Fsp3) is 0.286. The highest BCUT2D eigenvalue weighted by atomic mass is 16.6. The predicted molar refractivity (Wildman–Crippen MR) is 44.9 cm³/mol. The molecule has 0 fully saturated rings. The highest BCUT2D eigenvalue weighted by Gasteiger charge is 2.25. The van der Waals surface area contributed by atoms with Crippen LogP contribution in [0.15, 0.2) is 6.07 Å². The lowest BCUT2D eigenvalue weighted by molar-refractivity contribution is -0.392. The molecule has 7 nitrogen and oxygen atoms in total. The number of aromatic nitrogens is 1. The lowest BCUT2D eigenvalue weighted by Gasteiger charge is -1.97. The summed E-state index contributed by atoms with van der Waals surface area (Å²) >= 11 is 0. The number of carboxylic acid groups (broad SMARTS) is 1. The Morgan fingerprint density at radius 1 is 1.71 bits per heavy atom. The van der Waals surface area contributed by atoms with E-state index in [2.05, 4.69) is 0 Å². The van der Waals surface area contributed by atoms with E-state index in [0.717, 1.165) is 10.6 Å². The first-order chi connectivity index (χ1) is 6.49. The van der Waals surface area contributed by atoms with Gasteiger partial charge in [0.2, 0.25) is 5.69 Å². The number of aromatic carboxylic acids is 1. The number of hydrogen-bond acceptors (Lipinski definition) is 4. The highest BCUT2D eigenvalue weighted by molar-refractivity contribution is 5.87. The van der Waals surface area contributed by atoms with Gasteiger partial charge in [-0.05, 0) is 4.92 Å². The van der Waals surface area contributed by atoms with Crippen LogP contribution >= 0.6 is 0 Å². The average molecular weight is 200 g/mol. The number of hydrogen-bond donors (Lipinski definition) is 2. The van der Waals surface area contributed by atoms with Crippen molar-refractivity contribution in [1.82, 2.24) is 4.57 Å². The molecule has 0 radical (unpaired) electrons. The van der Waals surface area contributed by atoms with E-state index in [1.54, 1.807) is 0 Å². The Hall–Kier alpha value is -1.89. The molecule has 0 amide bonds. The smallest absolute Gasteiger partial charge is 0.376 e. The first-order valence-electron chi connectivity index (χ1n) is 3.66. The molecule has 0 bridgehead atoms. The number of carboxylic acids is 1. The molecule has 1 aromatic heterocycles. The van der Waals surface area contributed by atoms with Crippen molar-refractivity contribution in [2.45, 2.75) is 6.61 Å². The summed E-state index contributed by atoms with van der Waals surface area (Å²) < 4.78 is 0.924. The highest BCUT2D eigenvalue weighted by Crippen LogP contribution is 2.22. The third kappa shape index (κ3) is 1.44. The van der Waals surface area contributed by atoms with Gasteiger partial charge in [-0.3, -0.25) is 0 Å². The Bertz CT molecular complexity index is 395. The molecule has 2 N–H and O–H groups in total. The maximum Gasteiger partial charge on any atom is 0.376 e. The average Bonchev–Trinajstić information content (AvgIpc) is 2.42. The number of nitro groups is 1. The summed E-state index contributed by atoms with van der Waals surface area (Å²) in [5.41, 5.74) is -0.226. The van der Waals surface area contributed by atoms with Gasteiger partial charge in [0.15, 0.2) is 0 Å². The molecule has 0 spiro atoms. The minimum absolute atomic E-state index is 0.00472. The Kier molecular flexibility index (Phi) is 2.52. The summed E-state index contributed by atoms with van der Waals surface area (Å²) in [6.07, 6.45) is 0. The van der Waals surface area contributed by atoms with Gasteiger partial charge in [0, 0.05) is 6.07 Å². The second kappa shape index (κ2) is 3.46. The molecule has 0 saturated carbocycles. The van der Waals surface area contributed by atoms with Crippen LogP contribution in [0.1, 0.15) is 16.1 Å². The van der Waals surface area contributed by atoms with Crippen LogP contribution in [0, 0.1) is 10.1 Å². The van der Waals surface area contributed by atoms with Crippen molar-refractivity contribution >= 4 is 11.8 Å². The van der Waals surface area contributed by atoms with Crippen LogP contribution in [0.2, 0.25) is 0 Å². The Labute approximate surface area is 78.3 Å². The van der Waals surface area contributed by atoms with Crippen LogP contribution in [-0.2, 0) is 13.7 Å². The van der Waals surface area contributed by atoms with Crippen molar-refractivity contribution in [2.75, 3.05) is 0 Å². The van der Waals surface area contributed by atoms with Crippen molar-refractivity contribution in [3.63, 3.8) is 0 Å². The summed E-state index contributed by atoms with van der Waals surface area (Å²) in [5.74, 6) is -1.67. The van der Waals surface area contributed by atoms with Crippen molar-refractivity contribution < 1.29 is 19.9 Å². The molecule has 0 aromatic carbocycles. The number of carbonyl (C=O) groups is 1. The molecule has 1 rings (SSSR count). The predicted octanol–water partition coefficient (Wildman–Crippen LogP) is 0.124. The van der Waals surface area contributed by atoms with Gasteiger partial charge < -0.3 is 20.3 Å². The van der Waals surface area contributed by atoms with Crippen LogP contribution in [-0.4, -0.2) is 25.7 Å². The number of aliphatic hydroxyl groups excluding tert-OH is 1. The van der Waals surface area contributed by atoms with Gasteiger partial charge >= 0.3 is 11.8 Å². The molecule has 0 aliphatic rings. The topological polar surface area (TPSA) is 106 Å². The van der Waals surface area contributed by atoms with E-state index >= 15 is 0 Å². The fourth-order valence-electron chi connectivity index (χ4n) is 1.22. The number of rotatable bonds is 3. The molecular formula is C7H8N2O5. The van der Waals surface area contributed by atoms with E-state index in [-0.39, 0.29) is 11.3 Å². The quantitative estimate of drug-likeness (QED) is 0.532. The SMILES string of the molecule is Cn1c(C(=O)O)cc(CO)c1[N+](=O)[O-]. The van der Waals surface area contributed by atoms with E-state index in [1.807, 2.05) is 0 Å². The summed E-state index contributed by atoms with van der Waals surface area (Å²) in [7, 11) is 1.26. The van der Waals surface area contributed by atoms with Crippen LogP contribution in [0.25, 0.3) is 0 Å². The van der Waals surface area contributed by atoms with E-state index in [0.29, 0.717) is 0 Å². The lowest BCUT2D eigenvalue weighted by atomic mass is 10.3. The second-order valence-corrected chi connectivity index (χ2v) is 2.66. The zero-order valence-electron chi connectivity index (χ0n) is 7.30. The van der Waals surface area contributed by atoms with E-state index < -0.39 is 23.3 Å². The number of nitrogens with zero attached hydrogens (tertiary/aromatic N) is 2. The van der Waals surface area contributed by atoms with Crippen LogP contribution < -0.4 is 0 Å². The summed E-state index contributed by atoms with van der Waals surface area (Å²) in [6.45, 7) is -0.558. The standard InChI is InChI=1S/C7H8N2O5/c1-8-5(7(11)12)2-4(3-10)6(8)9(13)14/h2,10H,3H2,1H3,(H,11,12). The van der Waals surface area contributed by atoms with Crippen molar-refractivity contribution in [2.24, 2.45) is 7.05 Å². The molecule has 1 aromatic rings. The molecule has 1 heterocycles. The largest absolute Gasteiger partial charge is 0.475 e. The van der Waals surface area contributed by atoms with Gasteiger partial charge in [0.1, 0.15) is 0 Å². The third-order valence-electron chi connectivity index (χ3n) is 1.84. The van der Waals surface area contributed by atoms with Crippen LogP contribution in [0.4, 0.5) is 5.82 Å². The van der Waals surface area contributed by atoms with Gasteiger partial charge in [-0.2, -0.15) is 0 Å². The molecule has 0 unspecified atom stereocenters. The normalized spacial score (nSPS) is 10.1. The molecule has 0 saturated heterocycles. The molecule has 7 heteroatoms. The van der Waals surface area contributed by atoms with Crippen molar-refractivity contribution in [3.05, 3.63) is 27.4 Å². The summed E-state index contributed by atoms with van der Waals surface area (Å²) in [4.78, 5) is 20.4. The van der Waals surface area contributed by atoms with E-state index in [9.17, 15) is 14.9 Å². The van der Waals surface area contributed by atoms with Gasteiger partial charge in [-0.25, -0.2) is 9.36 Å². The molecular weight excluding hydrogens is 192 g/mol. The van der Waals surface area contributed by atoms with Gasteiger partial charge in [0.05, 0.1) is 19.2 Å². The van der Waals surface area contributed by atoms with Crippen molar-refractivity contribution in [3.8, 4) is 0 Å². The molecule has 14 heavy (non-hydrogen) atoms. The third-order valence-corrected chi connectivity index (χ3v) is 1.84. The first kappa shape index (κ1) is 10.2. The molecule has 0 aliphatic carbocycles. The molecule has 0 aliphatic heterocycles. The maximum atomic E-state index is 10.6. The Morgan fingerprint density at radius 2 is 2.29 bits per heavy atom. The minimum Gasteiger partial charge on any atom is -0.475 e. The van der Waals surface area contributed by atoms with Crippen LogP contribution in [0.3, 0.4) is 0 Å². The van der Waals surface area contributed by atoms with Gasteiger partial charge in [-0.15, -0.1) is 0 Å². The Balaban J connectivity index is 3.40. The van der Waals surface area contributed by atoms with Crippen molar-refractivity contribution in [1.29, 1.82) is 0 Å². The van der Waals surface area contributed by atoms with E-state index in [1.165, 1.54) is 7.05 Å². The Morgan fingerprint density at radius 3 is 2.57 bits per heavy atom. The molecule has 0 atom stereocenters. The first-order valence-corrected chi connectivity index (χ1v) is 3.66. The van der Waals surface area contributed by atoms with E-state index in [4.69, 9.17) is 10.2 Å². The summed E-state index contributed by atoms with van der Waals surface area (Å²) in [6, 6.07) is 1.08. The minimum atomic E-state index is -1.27. The zero-order chi connectivity index (χ0) is 10.9. The lowest BCUT2D eigenvalue weighted by Crippen LogP contribution is -2.06. The zero-order valence-corrected chi connectivity index (χ0v) is 7.30. The fourth-order valence-corrected chi connectivity index (χ4v) is 1.22. The van der Waals surface area contributed by atoms with Crippen LogP contribution in [0.5, 0.6) is 0 Å². The van der Waals surface area contributed by atoms with Gasteiger partial charge in [0.25, 0.3) is 0 Å². The monoisotopic (exact) mass is 200 g/mol. The molecule has 76 valence electrons.